The summed E-state index contributed by atoms with van der Waals surface area (Å²) < 4.78 is 0. The summed E-state index contributed by atoms with van der Waals surface area (Å²) in [6.45, 7) is 0. The van der Waals surface area contributed by atoms with Crippen molar-refractivity contribution in [1.82, 2.24) is 15.0 Å². The monoisotopic (exact) mass is 699 g/mol. The van der Waals surface area contributed by atoms with Gasteiger partial charge in [-0.05, 0) is 85.0 Å². The van der Waals surface area contributed by atoms with Crippen LogP contribution in [0.5, 0.6) is 0 Å². The van der Waals surface area contributed by atoms with Crippen LogP contribution in [0.15, 0.2) is 200 Å². The van der Waals surface area contributed by atoms with E-state index in [1.807, 2.05) is 30.5 Å². The van der Waals surface area contributed by atoms with Crippen molar-refractivity contribution in [2.75, 3.05) is 0 Å². The van der Waals surface area contributed by atoms with E-state index in [1.54, 1.807) is 6.20 Å². The molecule has 11 rings (SSSR count). The van der Waals surface area contributed by atoms with Gasteiger partial charge in [-0.15, -0.1) is 0 Å². The first-order valence-corrected chi connectivity index (χ1v) is 18.8. The maximum atomic E-state index is 5.11. The summed E-state index contributed by atoms with van der Waals surface area (Å²) in [5.74, 6) is 0.703. The van der Waals surface area contributed by atoms with Gasteiger partial charge in [0.05, 0.1) is 16.8 Å². The van der Waals surface area contributed by atoms with Gasteiger partial charge in [-0.25, -0.2) is 9.97 Å². The molecule has 2 heterocycles. The van der Waals surface area contributed by atoms with Crippen molar-refractivity contribution in [3.05, 3.63) is 223 Å². The molecule has 3 heteroatoms. The molecule has 3 nitrogen and oxygen atoms in total. The summed E-state index contributed by atoms with van der Waals surface area (Å²) in [5.41, 5.74) is 19.7. The fourth-order valence-electron chi connectivity index (χ4n) is 8.93. The van der Waals surface area contributed by atoms with Crippen LogP contribution in [-0.2, 0) is 5.41 Å². The summed E-state index contributed by atoms with van der Waals surface area (Å²) in [5, 5.41) is 0. The second kappa shape index (κ2) is 12.4. The average molecular weight is 700 g/mol. The van der Waals surface area contributed by atoms with Gasteiger partial charge in [0.25, 0.3) is 0 Å². The zero-order valence-electron chi connectivity index (χ0n) is 29.9. The smallest absolute Gasteiger partial charge is 0.160 e. The summed E-state index contributed by atoms with van der Waals surface area (Å²) in [4.78, 5) is 14.5. The molecule has 2 aliphatic carbocycles. The van der Waals surface area contributed by atoms with Crippen LogP contribution in [0.25, 0.3) is 78.4 Å². The molecule has 0 atom stereocenters. The first-order valence-electron chi connectivity index (χ1n) is 18.8. The molecule has 0 unspecified atom stereocenters. The maximum absolute atomic E-state index is 5.11. The molecule has 0 fully saturated rings. The van der Waals surface area contributed by atoms with Crippen LogP contribution in [0.3, 0.4) is 0 Å². The fraction of sp³-hybridized carbons (Fsp3) is 0.0192. The van der Waals surface area contributed by atoms with E-state index >= 15 is 0 Å². The van der Waals surface area contributed by atoms with Gasteiger partial charge >= 0.3 is 0 Å². The van der Waals surface area contributed by atoms with Gasteiger partial charge in [0, 0.05) is 29.1 Å². The van der Waals surface area contributed by atoms with Crippen molar-refractivity contribution in [1.29, 1.82) is 0 Å². The Labute approximate surface area is 320 Å². The molecule has 0 saturated carbocycles. The quantitative estimate of drug-likeness (QED) is 0.179. The number of hydrogen-bond acceptors (Lipinski definition) is 3. The lowest BCUT2D eigenvalue weighted by Gasteiger charge is -2.30. The Morgan fingerprint density at radius 3 is 1.31 bits per heavy atom. The first kappa shape index (κ1) is 31.3. The van der Waals surface area contributed by atoms with Gasteiger partial charge in [0.2, 0.25) is 0 Å². The third-order valence-electron chi connectivity index (χ3n) is 11.4. The van der Waals surface area contributed by atoms with Crippen LogP contribution >= 0.6 is 0 Å². The van der Waals surface area contributed by atoms with E-state index in [-0.39, 0.29) is 5.41 Å². The van der Waals surface area contributed by atoms with Gasteiger partial charge in [-0.1, -0.05) is 170 Å². The maximum Gasteiger partial charge on any atom is 0.160 e. The molecule has 7 aromatic carbocycles. The fourth-order valence-corrected chi connectivity index (χ4v) is 8.93. The minimum Gasteiger partial charge on any atom is -0.264 e. The molecule has 2 aromatic heterocycles. The van der Waals surface area contributed by atoms with Crippen LogP contribution < -0.4 is 0 Å². The van der Waals surface area contributed by atoms with Gasteiger partial charge in [0.15, 0.2) is 5.82 Å². The normalized spacial score (nSPS) is 12.9. The summed E-state index contributed by atoms with van der Waals surface area (Å²) in [6, 6.07) is 67.7. The highest BCUT2D eigenvalue weighted by Gasteiger charge is 2.51. The average Bonchev–Trinajstić information content (AvgIpc) is 3.74. The SMILES string of the molecule is c1ccc(-c2nc(-c3ccc(-c4cccnc4)cc3)cc(-c3ccc(-c4ccc5c(c4)C4(c6ccccc6-c6ccccc64)c4ccccc4-5)cc3)n2)cc1. The Bertz CT molecular complexity index is 2830. The summed E-state index contributed by atoms with van der Waals surface area (Å²) >= 11 is 0. The van der Waals surface area contributed by atoms with E-state index in [1.165, 1.54) is 55.6 Å². The summed E-state index contributed by atoms with van der Waals surface area (Å²) in [7, 11) is 0. The number of aromatic nitrogens is 3. The number of hydrogen-bond donors (Lipinski definition) is 0. The van der Waals surface area contributed by atoms with E-state index in [0.717, 1.165) is 39.2 Å². The molecule has 9 aromatic rings. The second-order valence-electron chi connectivity index (χ2n) is 14.4. The minimum absolute atomic E-state index is 0.365. The van der Waals surface area contributed by atoms with E-state index in [9.17, 15) is 0 Å². The van der Waals surface area contributed by atoms with Crippen molar-refractivity contribution in [3.63, 3.8) is 0 Å². The molecule has 0 N–H and O–H groups in total. The highest BCUT2D eigenvalue weighted by molar-refractivity contribution is 5.96. The molecule has 0 radical (unpaired) electrons. The Morgan fingerprint density at radius 1 is 0.309 bits per heavy atom. The Hall–Kier alpha value is -7.23. The van der Waals surface area contributed by atoms with Crippen LogP contribution in [0.4, 0.5) is 0 Å². The van der Waals surface area contributed by atoms with E-state index in [0.29, 0.717) is 5.82 Å². The van der Waals surface area contributed by atoms with Crippen LogP contribution in [-0.4, -0.2) is 15.0 Å². The van der Waals surface area contributed by atoms with Crippen molar-refractivity contribution in [2.24, 2.45) is 0 Å². The predicted molar refractivity (Wildman–Crippen MR) is 223 cm³/mol. The number of nitrogens with zero attached hydrogens (tertiary/aromatic N) is 3. The molecule has 0 saturated heterocycles. The third-order valence-corrected chi connectivity index (χ3v) is 11.4. The number of rotatable bonds is 5. The lowest BCUT2D eigenvalue weighted by molar-refractivity contribution is 0.794. The lowest BCUT2D eigenvalue weighted by atomic mass is 9.70. The van der Waals surface area contributed by atoms with Crippen molar-refractivity contribution < 1.29 is 0 Å². The van der Waals surface area contributed by atoms with Gasteiger partial charge < -0.3 is 0 Å². The molecule has 0 bridgehead atoms. The van der Waals surface area contributed by atoms with E-state index < -0.39 is 0 Å². The van der Waals surface area contributed by atoms with Crippen LogP contribution in [0.2, 0.25) is 0 Å². The Balaban J connectivity index is 1.00. The standard InChI is InChI=1S/C52H33N3/c1-2-11-38(12-3-1)51-54-49(32-50(55-51)37-26-22-35(23-27-37)40-13-10-30-53-33-40)36-24-20-34(21-25-36)39-28-29-44-43-16-6-9-19-47(43)52(48(44)31-39)45-17-7-4-14-41(45)42-15-5-8-18-46(42)52/h1-33H. The predicted octanol–water partition coefficient (Wildman–Crippen LogP) is 12.6. The number of benzene rings is 7. The highest BCUT2D eigenvalue weighted by Crippen LogP contribution is 2.63. The zero-order chi connectivity index (χ0) is 36.3. The molecule has 55 heavy (non-hydrogen) atoms. The van der Waals surface area contributed by atoms with Crippen molar-refractivity contribution in [2.45, 2.75) is 5.41 Å². The van der Waals surface area contributed by atoms with Gasteiger partial charge in [0.1, 0.15) is 0 Å². The largest absolute Gasteiger partial charge is 0.264 e. The molecule has 256 valence electrons. The summed E-state index contributed by atoms with van der Waals surface area (Å²) in [6.07, 6.45) is 3.69. The number of fused-ring (bicyclic) bond motifs is 10. The highest BCUT2D eigenvalue weighted by atomic mass is 14.9. The zero-order valence-corrected chi connectivity index (χ0v) is 29.9. The molecule has 1 spiro atoms. The lowest BCUT2D eigenvalue weighted by Crippen LogP contribution is -2.25. The Kier molecular flexibility index (Phi) is 7.08. The molecular weight excluding hydrogens is 667 g/mol. The van der Waals surface area contributed by atoms with Gasteiger partial charge in [-0.3, -0.25) is 4.98 Å². The molecular formula is C52H33N3. The molecule has 0 amide bonds. The first-order chi connectivity index (χ1) is 27.3. The molecule has 2 aliphatic rings. The van der Waals surface area contributed by atoms with E-state index in [4.69, 9.17) is 9.97 Å². The van der Waals surface area contributed by atoms with Gasteiger partial charge in [-0.2, -0.15) is 0 Å². The topological polar surface area (TPSA) is 38.7 Å². The Morgan fingerprint density at radius 2 is 0.764 bits per heavy atom. The second-order valence-corrected chi connectivity index (χ2v) is 14.4. The van der Waals surface area contributed by atoms with Crippen molar-refractivity contribution >= 4 is 0 Å². The minimum atomic E-state index is -0.365. The van der Waals surface area contributed by atoms with Crippen LogP contribution in [0, 0.1) is 0 Å². The van der Waals surface area contributed by atoms with Crippen LogP contribution in [0.1, 0.15) is 22.3 Å². The third kappa shape index (κ3) is 4.87. The molecule has 0 aliphatic heterocycles. The van der Waals surface area contributed by atoms with E-state index in [2.05, 4.69) is 169 Å². The number of pyridine rings is 1. The van der Waals surface area contributed by atoms with Crippen molar-refractivity contribution in [3.8, 4) is 78.4 Å².